The molecule has 4 heteroatoms. The predicted octanol–water partition coefficient (Wildman–Crippen LogP) is 8.99. The number of aliphatic hydroxyl groups excluding tert-OH is 1. The van der Waals surface area contributed by atoms with Crippen LogP contribution in [0.2, 0.25) is 0 Å². The zero-order valence-corrected chi connectivity index (χ0v) is 23.1. The first-order valence-electron chi connectivity index (χ1n) is 13.3. The van der Waals surface area contributed by atoms with Gasteiger partial charge in [-0.05, 0) is 91.3 Å². The first-order chi connectivity index (χ1) is 14.9. The molecule has 0 aliphatic heterocycles. The molecule has 1 N–H and O–H groups in total. The fourth-order valence-electron chi connectivity index (χ4n) is 9.23. The Morgan fingerprint density at radius 1 is 1.06 bits per heavy atom. The van der Waals surface area contributed by atoms with Gasteiger partial charge >= 0.3 is 0 Å². The Morgan fingerprint density at radius 3 is 2.44 bits per heavy atom. The average Bonchev–Trinajstić information content (AvgIpc) is 3.04. The highest BCUT2D eigenvalue weighted by Crippen LogP contribution is 2.70. The van der Waals surface area contributed by atoms with Gasteiger partial charge in [0, 0.05) is 5.92 Å². The summed E-state index contributed by atoms with van der Waals surface area (Å²) in [7, 11) is 0. The highest BCUT2D eigenvalue weighted by atomic mass is 35.6. The van der Waals surface area contributed by atoms with Crippen molar-refractivity contribution in [2.45, 2.75) is 109 Å². The van der Waals surface area contributed by atoms with Gasteiger partial charge in [0.15, 0.2) is 3.79 Å². The van der Waals surface area contributed by atoms with Crippen LogP contribution in [-0.2, 0) is 0 Å². The third-order valence-electron chi connectivity index (χ3n) is 10.8. The van der Waals surface area contributed by atoms with E-state index in [9.17, 15) is 5.11 Å². The number of hydrogen-bond donors (Lipinski definition) is 1. The zero-order chi connectivity index (χ0) is 23.5. The summed E-state index contributed by atoms with van der Waals surface area (Å²) in [6, 6.07) is 0. The summed E-state index contributed by atoms with van der Waals surface area (Å²) in [5, 5.41) is 10.6. The molecule has 3 fully saturated rings. The average molecular weight is 504 g/mol. The molecule has 1 nitrogen and oxygen atoms in total. The van der Waals surface area contributed by atoms with Crippen molar-refractivity contribution >= 4 is 34.8 Å². The highest BCUT2D eigenvalue weighted by molar-refractivity contribution is 6.67. The van der Waals surface area contributed by atoms with Crippen molar-refractivity contribution in [3.8, 4) is 0 Å². The Hall–Kier alpha value is 0.570. The largest absolute Gasteiger partial charge is 0.393 e. The maximum atomic E-state index is 10.6. The van der Waals surface area contributed by atoms with Gasteiger partial charge in [-0.1, -0.05) is 100 Å². The number of rotatable bonds is 5. The summed E-state index contributed by atoms with van der Waals surface area (Å²) in [6.45, 7) is 12.2. The molecule has 32 heavy (non-hydrogen) atoms. The molecule has 4 aliphatic carbocycles. The number of hydrogen-bond acceptors (Lipinski definition) is 1. The van der Waals surface area contributed by atoms with Gasteiger partial charge in [-0.3, -0.25) is 0 Å². The lowest BCUT2D eigenvalue weighted by molar-refractivity contribution is -0.0784. The molecule has 4 rings (SSSR count). The molecule has 0 saturated heterocycles. The summed E-state index contributed by atoms with van der Waals surface area (Å²) in [5.41, 5.74) is 1.73. The van der Waals surface area contributed by atoms with Gasteiger partial charge in [0.1, 0.15) is 0 Å². The van der Waals surface area contributed by atoms with Crippen LogP contribution in [0.5, 0.6) is 0 Å². The third-order valence-corrected chi connectivity index (χ3v) is 11.6. The molecular formula is C28H45Cl3O. The molecule has 0 spiro atoms. The quantitative estimate of drug-likeness (QED) is 0.293. The minimum Gasteiger partial charge on any atom is -0.393 e. The third kappa shape index (κ3) is 4.33. The van der Waals surface area contributed by atoms with Gasteiger partial charge in [-0.15, -0.1) is 0 Å². The molecule has 0 aromatic heterocycles. The molecule has 0 radical (unpaired) electrons. The monoisotopic (exact) mass is 502 g/mol. The van der Waals surface area contributed by atoms with Gasteiger partial charge in [0.05, 0.1) is 6.10 Å². The summed E-state index contributed by atoms with van der Waals surface area (Å²) >= 11 is 19.8. The number of halogens is 3. The number of allylic oxidation sites excluding steroid dienone is 1. The highest BCUT2D eigenvalue weighted by Gasteiger charge is 2.63. The second-order valence-electron chi connectivity index (χ2n) is 12.8. The van der Waals surface area contributed by atoms with E-state index in [2.05, 4.69) is 40.7 Å². The van der Waals surface area contributed by atoms with Crippen LogP contribution in [0, 0.1) is 52.3 Å². The van der Waals surface area contributed by atoms with Gasteiger partial charge < -0.3 is 5.11 Å². The van der Waals surface area contributed by atoms with Crippen LogP contribution in [0.25, 0.3) is 0 Å². The van der Waals surface area contributed by atoms with Crippen LogP contribution in [0.15, 0.2) is 11.6 Å². The molecule has 0 aromatic rings. The summed E-state index contributed by atoms with van der Waals surface area (Å²) in [6.07, 6.45) is 14.0. The minimum absolute atomic E-state index is 0.101. The molecule has 0 bridgehead atoms. The van der Waals surface area contributed by atoms with Crippen molar-refractivity contribution in [2.75, 3.05) is 0 Å². The molecule has 1 unspecified atom stereocenters. The predicted molar refractivity (Wildman–Crippen MR) is 138 cm³/mol. The summed E-state index contributed by atoms with van der Waals surface area (Å²) in [4.78, 5) is 0. The van der Waals surface area contributed by atoms with E-state index in [0.29, 0.717) is 23.7 Å². The molecular weight excluding hydrogens is 459 g/mol. The standard InChI is InChI=1S/C28H45Cl3O/c1-17(2)7-6-8-18(3)22-11-12-23-21-10-9-19-15-20(32)16-25(28(29,30)31)27(19,5)24(21)13-14-26(22,23)4/h9,17-18,20-25,32H,6-8,10-16H2,1-5H3/t18-,20-,21+,22-,23+,24+,25?,26-,27+/m1/s1. The molecule has 0 heterocycles. The maximum Gasteiger partial charge on any atom is 0.194 e. The zero-order valence-electron chi connectivity index (χ0n) is 20.8. The normalized spacial score (nSPS) is 45.1. The fraction of sp³-hybridized carbons (Fsp3) is 0.929. The van der Waals surface area contributed by atoms with Crippen molar-refractivity contribution in [3.05, 3.63) is 11.6 Å². The molecule has 4 aliphatic rings. The van der Waals surface area contributed by atoms with E-state index in [1.165, 1.54) is 50.5 Å². The molecule has 0 aromatic carbocycles. The van der Waals surface area contributed by atoms with E-state index >= 15 is 0 Å². The van der Waals surface area contributed by atoms with Crippen LogP contribution < -0.4 is 0 Å². The van der Waals surface area contributed by atoms with Crippen molar-refractivity contribution < 1.29 is 5.11 Å². The van der Waals surface area contributed by atoms with Crippen LogP contribution in [0.3, 0.4) is 0 Å². The van der Waals surface area contributed by atoms with Crippen LogP contribution in [0.1, 0.15) is 98.8 Å². The van der Waals surface area contributed by atoms with Crippen LogP contribution in [-0.4, -0.2) is 15.0 Å². The lowest BCUT2D eigenvalue weighted by Crippen LogP contribution is -2.56. The summed E-state index contributed by atoms with van der Waals surface area (Å²) in [5.74, 6) is 4.44. The topological polar surface area (TPSA) is 20.2 Å². The van der Waals surface area contributed by atoms with E-state index in [-0.39, 0.29) is 17.4 Å². The Morgan fingerprint density at radius 2 is 1.78 bits per heavy atom. The molecule has 0 amide bonds. The van der Waals surface area contributed by atoms with E-state index in [1.54, 1.807) is 0 Å². The lowest BCUT2D eigenvalue weighted by Gasteiger charge is -2.61. The van der Waals surface area contributed by atoms with Crippen molar-refractivity contribution in [1.29, 1.82) is 0 Å². The fourth-order valence-corrected chi connectivity index (χ4v) is 10.2. The van der Waals surface area contributed by atoms with Gasteiger partial charge in [0.25, 0.3) is 0 Å². The first kappa shape index (κ1) is 25.7. The van der Waals surface area contributed by atoms with Gasteiger partial charge in [-0.25, -0.2) is 0 Å². The Bertz CT molecular complexity index is 712. The number of aliphatic hydroxyl groups is 1. The molecule has 3 saturated carbocycles. The Balaban J connectivity index is 1.57. The number of fused-ring (bicyclic) bond motifs is 5. The van der Waals surface area contributed by atoms with E-state index in [1.807, 2.05) is 0 Å². The van der Waals surface area contributed by atoms with Crippen molar-refractivity contribution in [2.24, 2.45) is 52.3 Å². The van der Waals surface area contributed by atoms with E-state index < -0.39 is 3.79 Å². The van der Waals surface area contributed by atoms with E-state index in [0.717, 1.165) is 36.5 Å². The van der Waals surface area contributed by atoms with E-state index in [4.69, 9.17) is 34.8 Å². The van der Waals surface area contributed by atoms with Gasteiger partial charge in [0.2, 0.25) is 0 Å². The van der Waals surface area contributed by atoms with Crippen molar-refractivity contribution in [3.63, 3.8) is 0 Å². The Kier molecular flexibility index (Phi) is 7.39. The lowest BCUT2D eigenvalue weighted by atomic mass is 9.45. The number of alkyl halides is 3. The Labute approximate surface area is 212 Å². The molecule has 9 atom stereocenters. The SMILES string of the molecule is CC(C)CCC[C@@H](C)[C@H]1CC[C@H]2[C@@H]3CC=C4C[C@@H](O)CC(C(Cl)(Cl)Cl)[C@]4(C)[C@H]3CC[C@]12C. The van der Waals surface area contributed by atoms with Crippen molar-refractivity contribution in [1.82, 2.24) is 0 Å². The second-order valence-corrected chi connectivity index (χ2v) is 15.2. The smallest absolute Gasteiger partial charge is 0.194 e. The van der Waals surface area contributed by atoms with Gasteiger partial charge in [-0.2, -0.15) is 0 Å². The van der Waals surface area contributed by atoms with Crippen LogP contribution >= 0.6 is 34.8 Å². The summed E-state index contributed by atoms with van der Waals surface area (Å²) < 4.78 is -1.33. The first-order valence-corrected chi connectivity index (χ1v) is 14.5. The maximum absolute atomic E-state index is 10.6. The van der Waals surface area contributed by atoms with Crippen LogP contribution in [0.4, 0.5) is 0 Å². The molecule has 184 valence electrons. The minimum atomic E-state index is -1.33. The second kappa shape index (κ2) is 9.22.